The Balaban J connectivity index is 2.05. The van der Waals surface area contributed by atoms with Gasteiger partial charge in [-0.2, -0.15) is 5.10 Å². The Morgan fingerprint density at radius 3 is 2.75 bits per heavy atom. The van der Waals surface area contributed by atoms with E-state index in [9.17, 15) is 15.0 Å². The molecule has 6 nitrogen and oxygen atoms in total. The average Bonchev–Trinajstić information content (AvgIpc) is 2.59. The molecular formula is C17H17ClN2O4. The second-order valence-corrected chi connectivity index (χ2v) is 5.24. The molecule has 7 heteroatoms. The Hall–Kier alpha value is -2.57. The van der Waals surface area contributed by atoms with E-state index >= 15 is 0 Å². The number of ether oxygens (including phenoxy) is 1. The minimum atomic E-state index is -1.31. The fourth-order valence-corrected chi connectivity index (χ4v) is 2.17. The maximum absolute atomic E-state index is 11.9. The lowest BCUT2D eigenvalue weighted by atomic mass is 10.1. The predicted octanol–water partition coefficient (Wildman–Crippen LogP) is 2.63. The fourth-order valence-electron chi connectivity index (χ4n) is 1.95. The number of phenols is 1. The minimum absolute atomic E-state index is 0.109. The van der Waals surface area contributed by atoms with Crippen molar-refractivity contribution in [2.75, 3.05) is 6.61 Å². The van der Waals surface area contributed by atoms with Crippen molar-refractivity contribution in [3.8, 4) is 11.5 Å². The Kier molecular flexibility index (Phi) is 6.17. The number of aliphatic hydroxyl groups excluding tert-OH is 1. The molecule has 0 saturated heterocycles. The number of aromatic hydroxyl groups is 1. The van der Waals surface area contributed by atoms with Gasteiger partial charge in [-0.1, -0.05) is 41.9 Å². The molecule has 0 fully saturated rings. The van der Waals surface area contributed by atoms with Crippen LogP contribution in [0.5, 0.6) is 11.5 Å². The molecule has 0 saturated carbocycles. The number of carbonyl (C=O) groups excluding carboxylic acids is 1. The number of nitrogens with one attached hydrogen (secondary N) is 1. The van der Waals surface area contributed by atoms with Gasteiger partial charge in [-0.15, -0.1) is 0 Å². The van der Waals surface area contributed by atoms with Crippen molar-refractivity contribution in [2.24, 2.45) is 5.10 Å². The molecular weight excluding hydrogens is 332 g/mol. The molecule has 0 spiro atoms. The van der Waals surface area contributed by atoms with Gasteiger partial charge in [0, 0.05) is 0 Å². The van der Waals surface area contributed by atoms with Gasteiger partial charge in [-0.05, 0) is 30.2 Å². The normalized spacial score (nSPS) is 12.1. The second kappa shape index (κ2) is 8.33. The maximum atomic E-state index is 11.9. The van der Waals surface area contributed by atoms with Crippen LogP contribution < -0.4 is 10.2 Å². The molecule has 126 valence electrons. The fraction of sp³-hybridized carbons (Fsp3) is 0.176. The van der Waals surface area contributed by atoms with E-state index in [1.54, 1.807) is 37.3 Å². The number of phenolic OH excluding ortho intramolecular Hbond substituents is 1. The van der Waals surface area contributed by atoms with E-state index in [0.717, 1.165) is 0 Å². The Bertz CT molecular complexity index is 735. The molecule has 2 aromatic rings. The van der Waals surface area contributed by atoms with Crippen molar-refractivity contribution in [3.05, 3.63) is 58.6 Å². The summed E-state index contributed by atoms with van der Waals surface area (Å²) in [6, 6.07) is 11.5. The molecule has 0 unspecified atom stereocenters. The number of rotatable bonds is 6. The van der Waals surface area contributed by atoms with Crippen molar-refractivity contribution in [1.29, 1.82) is 0 Å². The van der Waals surface area contributed by atoms with Crippen LogP contribution in [0, 0.1) is 0 Å². The van der Waals surface area contributed by atoms with E-state index in [1.165, 1.54) is 18.3 Å². The monoisotopic (exact) mass is 348 g/mol. The van der Waals surface area contributed by atoms with E-state index in [2.05, 4.69) is 10.5 Å². The number of benzene rings is 2. The van der Waals surface area contributed by atoms with Crippen LogP contribution in [0.3, 0.4) is 0 Å². The number of nitrogens with zero attached hydrogens (tertiary/aromatic N) is 1. The quantitative estimate of drug-likeness (QED) is 0.553. The molecule has 0 aliphatic carbocycles. The lowest BCUT2D eigenvalue weighted by molar-refractivity contribution is -0.129. The Labute approximate surface area is 144 Å². The molecule has 0 aliphatic rings. The van der Waals surface area contributed by atoms with Gasteiger partial charge in [0.15, 0.2) is 17.6 Å². The summed E-state index contributed by atoms with van der Waals surface area (Å²) in [5.74, 6) is -0.589. The average molecular weight is 349 g/mol. The van der Waals surface area contributed by atoms with Crippen molar-refractivity contribution >= 4 is 23.7 Å². The third-order valence-corrected chi connectivity index (χ3v) is 3.39. The summed E-state index contributed by atoms with van der Waals surface area (Å²) in [5, 5.41) is 23.6. The zero-order valence-corrected chi connectivity index (χ0v) is 13.7. The van der Waals surface area contributed by atoms with Crippen LogP contribution in [0.15, 0.2) is 47.6 Å². The van der Waals surface area contributed by atoms with Crippen molar-refractivity contribution in [2.45, 2.75) is 13.0 Å². The van der Waals surface area contributed by atoms with E-state index in [0.29, 0.717) is 17.7 Å². The van der Waals surface area contributed by atoms with Gasteiger partial charge in [-0.3, -0.25) is 4.79 Å². The van der Waals surface area contributed by atoms with Crippen molar-refractivity contribution < 1.29 is 19.7 Å². The number of amides is 1. The van der Waals surface area contributed by atoms with Gasteiger partial charge in [0.1, 0.15) is 0 Å². The SMILES string of the molecule is CCOc1cc(/C=N\NC(=O)[C@H](O)c2ccccc2)cc(Cl)c1O. The summed E-state index contributed by atoms with van der Waals surface area (Å²) in [7, 11) is 0. The molecule has 0 aromatic heterocycles. The number of carbonyl (C=O) groups is 1. The highest BCUT2D eigenvalue weighted by Crippen LogP contribution is 2.34. The Morgan fingerprint density at radius 2 is 2.08 bits per heavy atom. The predicted molar refractivity (Wildman–Crippen MR) is 91.4 cm³/mol. The summed E-state index contributed by atoms with van der Waals surface area (Å²) in [6.07, 6.45) is 0.0226. The van der Waals surface area contributed by atoms with Crippen LogP contribution in [0.4, 0.5) is 0 Å². The van der Waals surface area contributed by atoms with Gasteiger partial charge in [0.05, 0.1) is 17.8 Å². The molecule has 2 aromatic carbocycles. The molecule has 0 radical (unpaired) electrons. The van der Waals surface area contributed by atoms with Gasteiger partial charge < -0.3 is 14.9 Å². The second-order valence-electron chi connectivity index (χ2n) is 4.83. The standard InChI is InChI=1S/C17H17ClN2O4/c1-2-24-14-9-11(8-13(18)16(14)22)10-19-20-17(23)15(21)12-6-4-3-5-7-12/h3-10,15,21-22H,2H2,1H3,(H,20,23)/b19-10-/t15-/m1/s1. The first-order valence-corrected chi connectivity index (χ1v) is 7.62. The van der Waals surface area contributed by atoms with Crippen molar-refractivity contribution in [1.82, 2.24) is 5.43 Å². The first-order valence-electron chi connectivity index (χ1n) is 7.24. The summed E-state index contributed by atoms with van der Waals surface area (Å²) in [6.45, 7) is 2.14. The number of hydrogen-bond acceptors (Lipinski definition) is 5. The van der Waals surface area contributed by atoms with Crippen molar-refractivity contribution in [3.63, 3.8) is 0 Å². The van der Waals surface area contributed by atoms with Crippen LogP contribution in [0.1, 0.15) is 24.2 Å². The smallest absolute Gasteiger partial charge is 0.273 e. The highest BCUT2D eigenvalue weighted by molar-refractivity contribution is 6.32. The highest BCUT2D eigenvalue weighted by Gasteiger charge is 2.16. The van der Waals surface area contributed by atoms with Crippen LogP contribution in [-0.2, 0) is 4.79 Å². The summed E-state index contributed by atoms with van der Waals surface area (Å²) < 4.78 is 5.26. The zero-order valence-electron chi connectivity index (χ0n) is 12.9. The lowest BCUT2D eigenvalue weighted by Crippen LogP contribution is -2.25. The zero-order chi connectivity index (χ0) is 17.5. The van der Waals surface area contributed by atoms with Crippen LogP contribution in [-0.4, -0.2) is 28.9 Å². The van der Waals surface area contributed by atoms with E-state index in [1.807, 2.05) is 0 Å². The van der Waals surface area contributed by atoms with Crippen LogP contribution in [0.2, 0.25) is 5.02 Å². The summed E-state index contributed by atoms with van der Waals surface area (Å²) >= 11 is 5.91. The molecule has 24 heavy (non-hydrogen) atoms. The Morgan fingerprint density at radius 1 is 1.38 bits per heavy atom. The number of hydrazone groups is 1. The van der Waals surface area contributed by atoms with Crippen LogP contribution >= 0.6 is 11.6 Å². The number of aliphatic hydroxyl groups is 1. The van der Waals surface area contributed by atoms with E-state index < -0.39 is 12.0 Å². The molecule has 1 amide bonds. The van der Waals surface area contributed by atoms with Crippen LogP contribution in [0.25, 0.3) is 0 Å². The highest BCUT2D eigenvalue weighted by atomic mass is 35.5. The lowest BCUT2D eigenvalue weighted by Gasteiger charge is -2.09. The number of halogens is 1. The third kappa shape index (κ3) is 4.47. The summed E-state index contributed by atoms with van der Waals surface area (Å²) in [5.41, 5.74) is 3.24. The third-order valence-electron chi connectivity index (χ3n) is 3.10. The topological polar surface area (TPSA) is 91.2 Å². The molecule has 0 bridgehead atoms. The maximum Gasteiger partial charge on any atom is 0.273 e. The van der Waals surface area contributed by atoms with E-state index in [-0.39, 0.29) is 16.5 Å². The van der Waals surface area contributed by atoms with Gasteiger partial charge in [-0.25, -0.2) is 5.43 Å². The minimum Gasteiger partial charge on any atom is -0.503 e. The van der Waals surface area contributed by atoms with Gasteiger partial charge in [0.2, 0.25) is 0 Å². The number of hydrogen-bond donors (Lipinski definition) is 3. The molecule has 0 aliphatic heterocycles. The van der Waals surface area contributed by atoms with Gasteiger partial charge >= 0.3 is 0 Å². The molecule has 1 atom stereocenters. The largest absolute Gasteiger partial charge is 0.503 e. The van der Waals surface area contributed by atoms with Gasteiger partial charge in [0.25, 0.3) is 5.91 Å². The summed E-state index contributed by atoms with van der Waals surface area (Å²) in [4.78, 5) is 11.9. The molecule has 3 N–H and O–H groups in total. The van der Waals surface area contributed by atoms with E-state index in [4.69, 9.17) is 16.3 Å². The molecule has 2 rings (SSSR count). The molecule has 0 heterocycles. The first-order chi connectivity index (χ1) is 11.5. The first kappa shape index (κ1) is 17.8.